The van der Waals surface area contributed by atoms with Crippen LogP contribution in [0.25, 0.3) is 0 Å². The van der Waals surface area contributed by atoms with Crippen molar-refractivity contribution in [2.75, 3.05) is 52.9 Å². The number of hydrogen-bond acceptors (Lipinski definition) is 4. The summed E-state index contributed by atoms with van der Waals surface area (Å²) < 4.78 is 0. The first-order valence-electron chi connectivity index (χ1n) is 7.57. The van der Waals surface area contributed by atoms with E-state index in [4.69, 9.17) is 0 Å². The number of carbonyl (C=O) groups excluding carboxylic acids is 1. The molecule has 5 nitrogen and oxygen atoms in total. The molecule has 19 heavy (non-hydrogen) atoms. The highest BCUT2D eigenvalue weighted by Gasteiger charge is 2.24. The van der Waals surface area contributed by atoms with Crippen molar-refractivity contribution in [1.82, 2.24) is 20.4 Å². The number of piperidine rings is 1. The Morgan fingerprint density at radius 3 is 2.74 bits per heavy atom. The smallest absolute Gasteiger partial charge is 0.223 e. The van der Waals surface area contributed by atoms with Crippen LogP contribution in [0.2, 0.25) is 0 Å². The largest absolute Gasteiger partial charge is 0.355 e. The molecule has 5 heteroatoms. The second kappa shape index (κ2) is 7.22. The Kier molecular flexibility index (Phi) is 5.60. The van der Waals surface area contributed by atoms with Crippen molar-refractivity contribution in [2.24, 2.45) is 5.92 Å². The number of piperazine rings is 1. The maximum atomic E-state index is 12.1. The summed E-state index contributed by atoms with van der Waals surface area (Å²) in [4.78, 5) is 16.9. The lowest BCUT2D eigenvalue weighted by Crippen LogP contribution is -2.48. The topological polar surface area (TPSA) is 47.6 Å². The van der Waals surface area contributed by atoms with Gasteiger partial charge in [-0.1, -0.05) is 0 Å². The highest BCUT2D eigenvalue weighted by molar-refractivity contribution is 5.78. The third kappa shape index (κ3) is 4.75. The standard InChI is InChI=1S/C14H28N4O/c1-12-11-13(3-4-15-12)14(19)16-5-6-18-9-7-17(2)8-10-18/h12-13,15H,3-11H2,1-2H3,(H,16,19). The first-order valence-corrected chi connectivity index (χ1v) is 7.57. The molecule has 2 aliphatic rings. The monoisotopic (exact) mass is 268 g/mol. The van der Waals surface area contributed by atoms with Gasteiger partial charge in [0.05, 0.1) is 0 Å². The van der Waals surface area contributed by atoms with Gasteiger partial charge in [0.2, 0.25) is 5.91 Å². The van der Waals surface area contributed by atoms with Crippen LogP contribution in [0.5, 0.6) is 0 Å². The lowest BCUT2D eigenvalue weighted by molar-refractivity contribution is -0.126. The van der Waals surface area contributed by atoms with Gasteiger partial charge in [-0.15, -0.1) is 0 Å². The Balaban J connectivity index is 1.61. The van der Waals surface area contributed by atoms with E-state index in [-0.39, 0.29) is 11.8 Å². The number of rotatable bonds is 4. The molecule has 2 atom stereocenters. The molecule has 2 saturated heterocycles. The summed E-state index contributed by atoms with van der Waals surface area (Å²) >= 11 is 0. The molecule has 2 unspecified atom stereocenters. The summed E-state index contributed by atoms with van der Waals surface area (Å²) in [5, 5.41) is 6.50. The molecule has 2 aliphatic heterocycles. The third-order valence-electron chi connectivity index (χ3n) is 4.32. The van der Waals surface area contributed by atoms with E-state index in [1.54, 1.807) is 0 Å². The van der Waals surface area contributed by atoms with Crippen LogP contribution in [0, 0.1) is 5.92 Å². The summed E-state index contributed by atoms with van der Waals surface area (Å²) in [7, 11) is 2.16. The van der Waals surface area contributed by atoms with Gasteiger partial charge in [-0.05, 0) is 33.4 Å². The zero-order valence-corrected chi connectivity index (χ0v) is 12.3. The van der Waals surface area contributed by atoms with Crippen LogP contribution in [-0.4, -0.2) is 74.6 Å². The molecule has 2 N–H and O–H groups in total. The summed E-state index contributed by atoms with van der Waals surface area (Å²) in [5.74, 6) is 0.464. The van der Waals surface area contributed by atoms with Crippen molar-refractivity contribution < 1.29 is 4.79 Å². The van der Waals surface area contributed by atoms with Crippen LogP contribution in [0.1, 0.15) is 19.8 Å². The Hall–Kier alpha value is -0.650. The minimum atomic E-state index is 0.212. The molecule has 0 spiro atoms. The van der Waals surface area contributed by atoms with Crippen LogP contribution >= 0.6 is 0 Å². The van der Waals surface area contributed by atoms with E-state index in [1.165, 1.54) is 0 Å². The number of hydrogen-bond donors (Lipinski definition) is 2. The summed E-state index contributed by atoms with van der Waals surface area (Å²) in [6.07, 6.45) is 1.95. The lowest BCUT2D eigenvalue weighted by Gasteiger charge is -2.32. The maximum Gasteiger partial charge on any atom is 0.223 e. The average molecular weight is 268 g/mol. The highest BCUT2D eigenvalue weighted by atomic mass is 16.1. The van der Waals surface area contributed by atoms with Crippen LogP contribution in [0.3, 0.4) is 0 Å². The number of nitrogens with one attached hydrogen (secondary N) is 2. The summed E-state index contributed by atoms with van der Waals surface area (Å²) in [5.41, 5.74) is 0. The minimum absolute atomic E-state index is 0.212. The number of likely N-dealkylation sites (N-methyl/N-ethyl adjacent to an activating group) is 1. The number of amides is 1. The van der Waals surface area contributed by atoms with Crippen molar-refractivity contribution in [3.05, 3.63) is 0 Å². The van der Waals surface area contributed by atoms with Gasteiger partial charge in [0.25, 0.3) is 0 Å². The predicted octanol–water partition coefficient (Wildman–Crippen LogP) is -0.262. The van der Waals surface area contributed by atoms with Gasteiger partial charge in [-0.3, -0.25) is 9.69 Å². The van der Waals surface area contributed by atoms with Crippen LogP contribution in [0.15, 0.2) is 0 Å². The lowest BCUT2D eigenvalue weighted by atomic mass is 9.92. The molecule has 2 fully saturated rings. The van der Waals surface area contributed by atoms with Gasteiger partial charge in [-0.2, -0.15) is 0 Å². The second-order valence-electron chi connectivity index (χ2n) is 6.01. The fourth-order valence-corrected chi connectivity index (χ4v) is 2.92. The zero-order chi connectivity index (χ0) is 13.7. The fourth-order valence-electron chi connectivity index (χ4n) is 2.92. The Morgan fingerprint density at radius 1 is 1.32 bits per heavy atom. The van der Waals surface area contributed by atoms with E-state index in [0.717, 1.165) is 58.7 Å². The molecule has 0 aromatic heterocycles. The molecule has 0 aliphatic carbocycles. The van der Waals surface area contributed by atoms with Crippen molar-refractivity contribution in [2.45, 2.75) is 25.8 Å². The van der Waals surface area contributed by atoms with Crippen molar-refractivity contribution in [3.8, 4) is 0 Å². The molecule has 0 aromatic carbocycles. The minimum Gasteiger partial charge on any atom is -0.355 e. The molecule has 0 aromatic rings. The highest BCUT2D eigenvalue weighted by Crippen LogP contribution is 2.15. The molecular weight excluding hydrogens is 240 g/mol. The van der Waals surface area contributed by atoms with E-state index in [9.17, 15) is 4.79 Å². The second-order valence-corrected chi connectivity index (χ2v) is 6.01. The van der Waals surface area contributed by atoms with E-state index in [1.807, 2.05) is 0 Å². The first-order chi connectivity index (χ1) is 9.15. The predicted molar refractivity (Wildman–Crippen MR) is 77.1 cm³/mol. The molecule has 0 saturated carbocycles. The normalized spacial score (nSPS) is 30.2. The average Bonchev–Trinajstić information content (AvgIpc) is 2.41. The SMILES string of the molecule is CC1CC(C(=O)NCCN2CCN(C)CC2)CCN1. The van der Waals surface area contributed by atoms with Crippen molar-refractivity contribution in [1.29, 1.82) is 0 Å². The third-order valence-corrected chi connectivity index (χ3v) is 4.32. The number of nitrogens with zero attached hydrogens (tertiary/aromatic N) is 2. The van der Waals surface area contributed by atoms with Gasteiger partial charge in [0, 0.05) is 51.2 Å². The van der Waals surface area contributed by atoms with E-state index < -0.39 is 0 Å². The quantitative estimate of drug-likeness (QED) is 0.737. The van der Waals surface area contributed by atoms with E-state index >= 15 is 0 Å². The van der Waals surface area contributed by atoms with Crippen LogP contribution < -0.4 is 10.6 Å². The van der Waals surface area contributed by atoms with Crippen molar-refractivity contribution >= 4 is 5.91 Å². The fraction of sp³-hybridized carbons (Fsp3) is 0.929. The summed E-state index contributed by atoms with van der Waals surface area (Å²) in [6.45, 7) is 9.43. The Morgan fingerprint density at radius 2 is 2.05 bits per heavy atom. The van der Waals surface area contributed by atoms with Gasteiger partial charge >= 0.3 is 0 Å². The molecule has 0 bridgehead atoms. The molecule has 110 valence electrons. The van der Waals surface area contributed by atoms with Gasteiger partial charge in [0.15, 0.2) is 0 Å². The number of carbonyl (C=O) groups is 1. The maximum absolute atomic E-state index is 12.1. The molecule has 2 heterocycles. The molecular formula is C14H28N4O. The Bertz CT molecular complexity index is 289. The Labute approximate surface area is 116 Å². The van der Waals surface area contributed by atoms with Gasteiger partial charge in [0.1, 0.15) is 0 Å². The van der Waals surface area contributed by atoms with E-state index in [2.05, 4.69) is 34.4 Å². The van der Waals surface area contributed by atoms with Gasteiger partial charge in [-0.25, -0.2) is 0 Å². The van der Waals surface area contributed by atoms with Crippen LogP contribution in [0.4, 0.5) is 0 Å². The molecule has 2 rings (SSSR count). The zero-order valence-electron chi connectivity index (χ0n) is 12.3. The molecule has 0 radical (unpaired) electrons. The molecule has 1 amide bonds. The van der Waals surface area contributed by atoms with Crippen LogP contribution in [-0.2, 0) is 4.79 Å². The van der Waals surface area contributed by atoms with E-state index in [0.29, 0.717) is 6.04 Å². The summed E-state index contributed by atoms with van der Waals surface area (Å²) in [6, 6.07) is 0.474. The van der Waals surface area contributed by atoms with Crippen molar-refractivity contribution in [3.63, 3.8) is 0 Å². The van der Waals surface area contributed by atoms with Gasteiger partial charge < -0.3 is 15.5 Å². The first kappa shape index (κ1) is 14.8.